The van der Waals surface area contributed by atoms with Gasteiger partial charge in [-0.05, 0) is 31.6 Å². The molecule has 0 bridgehead atoms. The molecule has 18 heavy (non-hydrogen) atoms. The van der Waals surface area contributed by atoms with Crippen LogP contribution in [0, 0.1) is 5.41 Å². The van der Waals surface area contributed by atoms with Crippen LogP contribution in [0.2, 0.25) is 0 Å². The van der Waals surface area contributed by atoms with Gasteiger partial charge in [-0.25, -0.2) is 8.42 Å². The summed E-state index contributed by atoms with van der Waals surface area (Å²) in [5.41, 5.74) is -0.982. The summed E-state index contributed by atoms with van der Waals surface area (Å²) in [6.07, 6.45) is 2.03. The second kappa shape index (κ2) is 4.46. The van der Waals surface area contributed by atoms with Crippen LogP contribution in [0.15, 0.2) is 0 Å². The Hall–Kier alpha value is -0.130. The van der Waals surface area contributed by atoms with Gasteiger partial charge in [0.1, 0.15) is 0 Å². The van der Waals surface area contributed by atoms with Gasteiger partial charge in [0.05, 0.1) is 16.9 Å². The highest BCUT2D eigenvalue weighted by atomic mass is 32.2. The van der Waals surface area contributed by atoms with Gasteiger partial charge in [0.15, 0.2) is 0 Å². The van der Waals surface area contributed by atoms with Gasteiger partial charge in [0, 0.05) is 7.05 Å². The summed E-state index contributed by atoms with van der Waals surface area (Å²) in [6.45, 7) is 9.48. The Morgan fingerprint density at radius 2 is 1.67 bits per heavy atom. The van der Waals surface area contributed by atoms with Crippen LogP contribution in [0.1, 0.15) is 53.9 Å². The Labute approximate surface area is 111 Å². The quantitative estimate of drug-likeness (QED) is 0.836. The van der Waals surface area contributed by atoms with Crippen molar-refractivity contribution in [2.45, 2.75) is 64.2 Å². The first kappa shape index (κ1) is 15.9. The fraction of sp³-hybridized carbons (Fsp3) is 1.00. The van der Waals surface area contributed by atoms with E-state index < -0.39 is 20.3 Å². The molecule has 0 heterocycles. The topological polar surface area (TPSA) is 57.6 Å². The summed E-state index contributed by atoms with van der Waals surface area (Å²) in [7, 11) is -1.80. The lowest BCUT2D eigenvalue weighted by atomic mass is 9.90. The van der Waals surface area contributed by atoms with Crippen molar-refractivity contribution in [2.75, 3.05) is 13.7 Å². The Kier molecular flexibility index (Phi) is 3.94. The number of sulfonamides is 1. The van der Waals surface area contributed by atoms with Gasteiger partial charge >= 0.3 is 0 Å². The monoisotopic (exact) mass is 277 g/mol. The van der Waals surface area contributed by atoms with E-state index in [0.29, 0.717) is 19.3 Å². The standard InChI is InChI=1S/C13H27NO3S/c1-7-12(5,10-15)14(6)18(16,17)13(8-9-13)11(2,3)4/h15H,7-10H2,1-6H3. The molecule has 1 atom stereocenters. The zero-order chi connectivity index (χ0) is 14.4. The van der Waals surface area contributed by atoms with Crippen LogP contribution in [0.4, 0.5) is 0 Å². The Balaban J connectivity index is 3.17. The van der Waals surface area contributed by atoms with E-state index in [2.05, 4.69) is 0 Å². The molecule has 1 saturated carbocycles. The van der Waals surface area contributed by atoms with E-state index in [1.807, 2.05) is 27.7 Å². The van der Waals surface area contributed by atoms with Crippen molar-refractivity contribution in [1.29, 1.82) is 0 Å². The molecule has 0 aromatic rings. The third-order valence-electron chi connectivity index (χ3n) is 4.79. The summed E-state index contributed by atoms with van der Waals surface area (Å²) < 4.78 is 26.4. The summed E-state index contributed by atoms with van der Waals surface area (Å²) >= 11 is 0. The van der Waals surface area contributed by atoms with Crippen LogP contribution in [0.3, 0.4) is 0 Å². The average molecular weight is 277 g/mol. The molecular weight excluding hydrogens is 250 g/mol. The molecule has 0 aromatic carbocycles. The molecule has 4 nitrogen and oxygen atoms in total. The highest BCUT2D eigenvalue weighted by Gasteiger charge is 2.64. The normalized spacial score (nSPS) is 22.9. The molecule has 1 rings (SSSR count). The minimum absolute atomic E-state index is 0.153. The van der Waals surface area contributed by atoms with Crippen LogP contribution in [0.5, 0.6) is 0 Å². The molecule has 0 saturated heterocycles. The van der Waals surface area contributed by atoms with Gasteiger partial charge in [0.25, 0.3) is 0 Å². The van der Waals surface area contributed by atoms with Crippen LogP contribution in [-0.2, 0) is 10.0 Å². The summed E-state index contributed by atoms with van der Waals surface area (Å²) in [4.78, 5) is 0. The molecule has 5 heteroatoms. The van der Waals surface area contributed by atoms with E-state index in [1.165, 1.54) is 4.31 Å². The van der Waals surface area contributed by atoms with Crippen molar-refractivity contribution < 1.29 is 13.5 Å². The lowest BCUT2D eigenvalue weighted by molar-refractivity contribution is 0.115. The summed E-state index contributed by atoms with van der Waals surface area (Å²) in [5.74, 6) is 0. The maximum absolute atomic E-state index is 12.8. The average Bonchev–Trinajstić information content (AvgIpc) is 3.07. The maximum Gasteiger partial charge on any atom is 0.220 e. The van der Waals surface area contributed by atoms with Crippen LogP contribution in [0.25, 0.3) is 0 Å². The highest BCUT2D eigenvalue weighted by molar-refractivity contribution is 7.90. The first-order valence-corrected chi connectivity index (χ1v) is 8.02. The molecule has 108 valence electrons. The molecule has 0 radical (unpaired) electrons. The van der Waals surface area contributed by atoms with Crippen LogP contribution < -0.4 is 0 Å². The lowest BCUT2D eigenvalue weighted by Gasteiger charge is -2.41. The molecule has 0 amide bonds. The fourth-order valence-electron chi connectivity index (χ4n) is 2.49. The maximum atomic E-state index is 12.8. The van der Waals surface area contributed by atoms with Gasteiger partial charge in [-0.15, -0.1) is 0 Å². The number of nitrogens with zero attached hydrogens (tertiary/aromatic N) is 1. The zero-order valence-corrected chi connectivity index (χ0v) is 13.3. The van der Waals surface area contributed by atoms with Gasteiger partial charge in [-0.3, -0.25) is 0 Å². The van der Waals surface area contributed by atoms with Crippen molar-refractivity contribution in [3.63, 3.8) is 0 Å². The van der Waals surface area contributed by atoms with Gasteiger partial charge in [-0.1, -0.05) is 27.7 Å². The van der Waals surface area contributed by atoms with Crippen molar-refractivity contribution >= 4 is 10.0 Å². The largest absolute Gasteiger partial charge is 0.394 e. The molecule has 0 aliphatic heterocycles. The number of hydrogen-bond acceptors (Lipinski definition) is 3. The molecule has 1 unspecified atom stereocenters. The predicted molar refractivity (Wildman–Crippen MR) is 73.9 cm³/mol. The molecule has 1 aliphatic rings. The van der Waals surface area contributed by atoms with Crippen molar-refractivity contribution in [3.05, 3.63) is 0 Å². The Bertz CT molecular complexity index is 400. The number of rotatable bonds is 5. The second-order valence-corrected chi connectivity index (χ2v) is 9.00. The van der Waals surface area contributed by atoms with E-state index in [0.717, 1.165) is 0 Å². The number of hydrogen-bond donors (Lipinski definition) is 1. The molecule has 0 aromatic heterocycles. The molecule has 1 N–H and O–H groups in total. The number of aliphatic hydroxyl groups excluding tert-OH is 1. The SMILES string of the molecule is CCC(C)(CO)N(C)S(=O)(=O)C1(C(C)(C)C)CC1. The first-order chi connectivity index (χ1) is 7.98. The van der Waals surface area contributed by atoms with Crippen LogP contribution >= 0.6 is 0 Å². The van der Waals surface area contributed by atoms with E-state index in [9.17, 15) is 13.5 Å². The third-order valence-corrected chi connectivity index (χ3v) is 7.96. The molecular formula is C13H27NO3S. The van der Waals surface area contributed by atoms with Gasteiger partial charge in [-0.2, -0.15) is 4.31 Å². The van der Waals surface area contributed by atoms with Gasteiger partial charge in [0.2, 0.25) is 10.0 Å². The zero-order valence-electron chi connectivity index (χ0n) is 12.4. The minimum Gasteiger partial charge on any atom is -0.394 e. The van der Waals surface area contributed by atoms with E-state index >= 15 is 0 Å². The Morgan fingerprint density at radius 3 is 1.89 bits per heavy atom. The molecule has 1 aliphatic carbocycles. The molecule has 0 spiro atoms. The number of aliphatic hydroxyl groups is 1. The fourth-order valence-corrected chi connectivity index (χ4v) is 5.18. The van der Waals surface area contributed by atoms with Crippen molar-refractivity contribution in [2.24, 2.45) is 5.41 Å². The lowest BCUT2D eigenvalue weighted by Crippen LogP contribution is -2.55. The summed E-state index contributed by atoms with van der Waals surface area (Å²) in [6, 6.07) is 0. The third kappa shape index (κ3) is 2.10. The Morgan fingerprint density at radius 1 is 1.22 bits per heavy atom. The van der Waals surface area contributed by atoms with Crippen LogP contribution in [-0.4, -0.2) is 41.8 Å². The minimum atomic E-state index is -3.39. The number of likely N-dealkylation sites (N-methyl/N-ethyl adjacent to an activating group) is 1. The second-order valence-electron chi connectivity index (χ2n) is 6.73. The summed E-state index contributed by atoms with van der Waals surface area (Å²) in [5, 5.41) is 9.50. The van der Waals surface area contributed by atoms with Crippen molar-refractivity contribution in [3.8, 4) is 0 Å². The smallest absolute Gasteiger partial charge is 0.220 e. The van der Waals surface area contributed by atoms with Crippen molar-refractivity contribution in [1.82, 2.24) is 4.31 Å². The van der Waals surface area contributed by atoms with E-state index in [4.69, 9.17) is 0 Å². The van der Waals surface area contributed by atoms with E-state index in [1.54, 1.807) is 14.0 Å². The molecule has 1 fully saturated rings. The highest BCUT2D eigenvalue weighted by Crippen LogP contribution is 2.57. The van der Waals surface area contributed by atoms with Gasteiger partial charge < -0.3 is 5.11 Å². The van der Waals surface area contributed by atoms with E-state index in [-0.39, 0.29) is 12.0 Å². The first-order valence-electron chi connectivity index (χ1n) is 6.58. The predicted octanol–water partition coefficient (Wildman–Crippen LogP) is 1.99.